The van der Waals surface area contributed by atoms with Gasteiger partial charge in [-0.15, -0.1) is 0 Å². The zero-order valence-corrected chi connectivity index (χ0v) is 8.83. The molecule has 17 heavy (non-hydrogen) atoms. The molecule has 0 spiro atoms. The molecule has 0 radical (unpaired) electrons. The van der Waals surface area contributed by atoms with Gasteiger partial charge < -0.3 is 4.98 Å². The molecule has 82 valence electrons. The van der Waals surface area contributed by atoms with E-state index in [0.717, 1.165) is 16.5 Å². The Morgan fingerprint density at radius 1 is 1.47 bits per heavy atom. The van der Waals surface area contributed by atoms with Gasteiger partial charge in [-0.3, -0.25) is 0 Å². The van der Waals surface area contributed by atoms with Crippen LogP contribution >= 0.6 is 0 Å². The Labute approximate surface area is 96.5 Å². The Bertz CT molecular complexity index is 688. The predicted molar refractivity (Wildman–Crippen MR) is 60.3 cm³/mol. The molecular formula is C11H8N6. The van der Waals surface area contributed by atoms with Gasteiger partial charge in [-0.25, -0.2) is 14.6 Å². The molecule has 6 nitrogen and oxygen atoms in total. The summed E-state index contributed by atoms with van der Waals surface area (Å²) < 4.78 is 1.59. The van der Waals surface area contributed by atoms with Crippen molar-refractivity contribution in [2.45, 2.75) is 6.42 Å². The van der Waals surface area contributed by atoms with Crippen molar-refractivity contribution in [1.82, 2.24) is 24.7 Å². The van der Waals surface area contributed by atoms with Crippen LogP contribution in [0.4, 0.5) is 0 Å². The van der Waals surface area contributed by atoms with Gasteiger partial charge in [0.1, 0.15) is 12.7 Å². The van der Waals surface area contributed by atoms with Crippen LogP contribution in [-0.4, -0.2) is 24.7 Å². The molecule has 0 saturated heterocycles. The van der Waals surface area contributed by atoms with Crippen LogP contribution in [0.25, 0.3) is 16.7 Å². The molecule has 1 N–H and O–H groups in total. The molecule has 0 aliphatic heterocycles. The Morgan fingerprint density at radius 3 is 3.18 bits per heavy atom. The fraction of sp³-hybridized carbons (Fsp3) is 0.0909. The molecule has 0 unspecified atom stereocenters. The van der Waals surface area contributed by atoms with Crippen LogP contribution in [0.2, 0.25) is 0 Å². The fourth-order valence-electron chi connectivity index (χ4n) is 1.75. The van der Waals surface area contributed by atoms with Gasteiger partial charge in [-0.2, -0.15) is 10.4 Å². The largest absolute Gasteiger partial charge is 0.360 e. The van der Waals surface area contributed by atoms with E-state index in [1.165, 1.54) is 6.33 Å². The zero-order valence-electron chi connectivity index (χ0n) is 8.83. The Morgan fingerprint density at radius 2 is 2.41 bits per heavy atom. The van der Waals surface area contributed by atoms with Crippen LogP contribution in [0.15, 0.2) is 31.1 Å². The zero-order chi connectivity index (χ0) is 11.7. The van der Waals surface area contributed by atoms with E-state index in [0.29, 0.717) is 12.2 Å². The Kier molecular flexibility index (Phi) is 2.09. The van der Waals surface area contributed by atoms with Crippen molar-refractivity contribution in [2.24, 2.45) is 0 Å². The SMILES string of the molecule is N#CCc1c[nH]c2cnc(-n3cncn3)cc12. The Balaban J connectivity index is 2.17. The van der Waals surface area contributed by atoms with Gasteiger partial charge in [0.2, 0.25) is 0 Å². The average Bonchev–Trinajstić information content (AvgIpc) is 2.98. The van der Waals surface area contributed by atoms with E-state index in [9.17, 15) is 0 Å². The summed E-state index contributed by atoms with van der Waals surface area (Å²) in [4.78, 5) is 11.2. The molecule has 0 aliphatic carbocycles. The fourth-order valence-corrected chi connectivity index (χ4v) is 1.75. The number of H-pyrrole nitrogens is 1. The lowest BCUT2D eigenvalue weighted by molar-refractivity contribution is 0.848. The number of aromatic nitrogens is 5. The molecule has 3 aromatic rings. The molecule has 6 heteroatoms. The summed E-state index contributed by atoms with van der Waals surface area (Å²) in [5, 5.41) is 13.8. The van der Waals surface area contributed by atoms with E-state index in [-0.39, 0.29) is 0 Å². The number of aromatic amines is 1. The number of rotatable bonds is 2. The first-order valence-electron chi connectivity index (χ1n) is 5.06. The van der Waals surface area contributed by atoms with E-state index < -0.39 is 0 Å². The van der Waals surface area contributed by atoms with Gasteiger partial charge in [0, 0.05) is 11.6 Å². The van der Waals surface area contributed by atoms with Crippen molar-refractivity contribution >= 4 is 10.9 Å². The smallest absolute Gasteiger partial charge is 0.155 e. The van der Waals surface area contributed by atoms with Crippen LogP contribution in [-0.2, 0) is 6.42 Å². The molecule has 0 bridgehead atoms. The lowest BCUT2D eigenvalue weighted by atomic mass is 10.1. The second-order valence-electron chi connectivity index (χ2n) is 3.58. The monoisotopic (exact) mass is 224 g/mol. The first-order valence-corrected chi connectivity index (χ1v) is 5.06. The summed E-state index contributed by atoms with van der Waals surface area (Å²) in [6.07, 6.45) is 6.98. The molecule has 3 heterocycles. The van der Waals surface area contributed by atoms with E-state index in [4.69, 9.17) is 5.26 Å². The molecule has 0 atom stereocenters. The molecule has 3 aromatic heterocycles. The van der Waals surface area contributed by atoms with Gasteiger partial charge in [0.05, 0.1) is 24.2 Å². The van der Waals surface area contributed by atoms with Gasteiger partial charge in [-0.05, 0) is 11.6 Å². The predicted octanol–water partition coefficient (Wildman–Crippen LogP) is 1.21. The maximum atomic E-state index is 8.74. The minimum atomic E-state index is 0.376. The lowest BCUT2D eigenvalue weighted by Gasteiger charge is -1.99. The summed E-state index contributed by atoms with van der Waals surface area (Å²) in [7, 11) is 0. The number of pyridine rings is 1. The lowest BCUT2D eigenvalue weighted by Crippen LogP contribution is -1.97. The average molecular weight is 224 g/mol. The van der Waals surface area contributed by atoms with Crippen LogP contribution in [0, 0.1) is 11.3 Å². The highest BCUT2D eigenvalue weighted by Gasteiger charge is 2.06. The van der Waals surface area contributed by atoms with Gasteiger partial charge >= 0.3 is 0 Å². The van der Waals surface area contributed by atoms with Crippen molar-refractivity contribution < 1.29 is 0 Å². The Hall–Kier alpha value is -2.68. The second-order valence-corrected chi connectivity index (χ2v) is 3.58. The molecule has 0 amide bonds. The highest BCUT2D eigenvalue weighted by molar-refractivity contribution is 5.84. The first-order chi connectivity index (χ1) is 8.38. The van der Waals surface area contributed by atoms with Crippen molar-refractivity contribution in [3.8, 4) is 11.9 Å². The molecule has 0 aromatic carbocycles. The van der Waals surface area contributed by atoms with Crippen molar-refractivity contribution in [3.63, 3.8) is 0 Å². The quantitative estimate of drug-likeness (QED) is 0.709. The second kappa shape index (κ2) is 3.72. The summed E-state index contributed by atoms with van der Waals surface area (Å²) >= 11 is 0. The molecule has 3 rings (SSSR count). The maximum absolute atomic E-state index is 8.74. The first kappa shape index (κ1) is 9.54. The number of nitrogens with zero attached hydrogens (tertiary/aromatic N) is 5. The topological polar surface area (TPSA) is 83.2 Å². The van der Waals surface area contributed by atoms with Crippen molar-refractivity contribution in [3.05, 3.63) is 36.7 Å². The molecule has 0 aliphatic rings. The summed E-state index contributed by atoms with van der Waals surface area (Å²) in [5.41, 5.74) is 1.88. The van der Waals surface area contributed by atoms with E-state index in [2.05, 4.69) is 26.1 Å². The maximum Gasteiger partial charge on any atom is 0.155 e. The summed E-state index contributed by atoms with van der Waals surface area (Å²) in [6.45, 7) is 0. The third-order valence-corrected chi connectivity index (χ3v) is 2.56. The van der Waals surface area contributed by atoms with E-state index in [1.807, 2.05) is 12.3 Å². The molecule has 0 saturated carbocycles. The number of hydrogen-bond acceptors (Lipinski definition) is 4. The van der Waals surface area contributed by atoms with Crippen LogP contribution < -0.4 is 0 Å². The number of nitrogens with one attached hydrogen (secondary N) is 1. The number of nitriles is 1. The summed E-state index contributed by atoms with van der Waals surface area (Å²) in [6, 6.07) is 4.04. The minimum Gasteiger partial charge on any atom is -0.360 e. The third-order valence-electron chi connectivity index (χ3n) is 2.56. The van der Waals surface area contributed by atoms with Crippen molar-refractivity contribution in [1.29, 1.82) is 5.26 Å². The van der Waals surface area contributed by atoms with Crippen LogP contribution in [0.5, 0.6) is 0 Å². The van der Waals surface area contributed by atoms with E-state index >= 15 is 0 Å². The number of fused-ring (bicyclic) bond motifs is 1. The van der Waals surface area contributed by atoms with Gasteiger partial charge in [0.25, 0.3) is 0 Å². The standard InChI is InChI=1S/C11H8N6/c12-2-1-8-4-14-10-5-15-11(3-9(8)10)17-7-13-6-16-17/h3-7,14H,1H2. The highest BCUT2D eigenvalue weighted by Crippen LogP contribution is 2.19. The normalized spacial score (nSPS) is 10.5. The van der Waals surface area contributed by atoms with Crippen molar-refractivity contribution in [2.75, 3.05) is 0 Å². The highest BCUT2D eigenvalue weighted by atomic mass is 15.3. The molecule has 0 fully saturated rings. The molecular weight excluding hydrogens is 216 g/mol. The van der Waals surface area contributed by atoms with Gasteiger partial charge in [0.15, 0.2) is 5.82 Å². The summed E-state index contributed by atoms with van der Waals surface area (Å²) in [5.74, 6) is 0.689. The third kappa shape index (κ3) is 1.54. The van der Waals surface area contributed by atoms with Gasteiger partial charge in [-0.1, -0.05) is 0 Å². The van der Waals surface area contributed by atoms with Crippen LogP contribution in [0.1, 0.15) is 5.56 Å². The number of hydrogen-bond donors (Lipinski definition) is 1. The van der Waals surface area contributed by atoms with Crippen LogP contribution in [0.3, 0.4) is 0 Å². The minimum absolute atomic E-state index is 0.376. The van der Waals surface area contributed by atoms with E-state index in [1.54, 1.807) is 17.2 Å².